The summed E-state index contributed by atoms with van der Waals surface area (Å²) < 4.78 is 40.9. The van der Waals surface area contributed by atoms with Crippen molar-refractivity contribution in [3.05, 3.63) is 71.9 Å². The number of rotatable bonds is 6. The van der Waals surface area contributed by atoms with Gasteiger partial charge in [0.05, 0.1) is 5.56 Å². The molecule has 1 saturated carbocycles. The summed E-state index contributed by atoms with van der Waals surface area (Å²) in [5.41, 5.74) is 7.55. The predicted octanol–water partition coefficient (Wildman–Crippen LogP) is 5.20. The molecule has 0 spiro atoms. The smallest absolute Gasteiger partial charge is 0.382 e. The number of pyridine rings is 1. The highest BCUT2D eigenvalue weighted by Crippen LogP contribution is 2.37. The van der Waals surface area contributed by atoms with Crippen LogP contribution >= 0.6 is 0 Å². The van der Waals surface area contributed by atoms with Gasteiger partial charge in [-0.3, -0.25) is 14.0 Å². The van der Waals surface area contributed by atoms with Crippen molar-refractivity contribution in [2.45, 2.75) is 57.2 Å². The van der Waals surface area contributed by atoms with E-state index >= 15 is 0 Å². The van der Waals surface area contributed by atoms with Gasteiger partial charge in [-0.2, -0.15) is 13.2 Å². The van der Waals surface area contributed by atoms with E-state index in [0.717, 1.165) is 49.8 Å². The summed E-state index contributed by atoms with van der Waals surface area (Å²) >= 11 is 0. The summed E-state index contributed by atoms with van der Waals surface area (Å²) in [6.45, 7) is 1.83. The molecule has 4 aromatic rings. The fraction of sp³-hybridized carbons (Fsp3) is 0.321. The van der Waals surface area contributed by atoms with Gasteiger partial charge in [-0.25, -0.2) is 15.0 Å². The van der Waals surface area contributed by atoms with E-state index in [0.29, 0.717) is 29.0 Å². The van der Waals surface area contributed by atoms with Gasteiger partial charge < -0.3 is 16.4 Å². The lowest BCUT2D eigenvalue weighted by Crippen LogP contribution is -2.37. The molecule has 1 fully saturated rings. The third kappa shape index (κ3) is 5.61. The summed E-state index contributed by atoms with van der Waals surface area (Å²) in [6, 6.07) is 8.23. The number of imidazole rings is 1. The van der Waals surface area contributed by atoms with Crippen molar-refractivity contribution in [1.82, 2.24) is 24.7 Å². The van der Waals surface area contributed by atoms with E-state index in [4.69, 9.17) is 10.7 Å². The first-order chi connectivity index (χ1) is 19.1. The van der Waals surface area contributed by atoms with E-state index in [1.165, 1.54) is 0 Å². The lowest BCUT2D eigenvalue weighted by molar-refractivity contribution is -0.137. The van der Waals surface area contributed by atoms with E-state index in [1.807, 2.05) is 17.5 Å². The topological polar surface area (TPSA) is 127 Å². The van der Waals surface area contributed by atoms with Crippen LogP contribution in [0.4, 0.5) is 24.8 Å². The van der Waals surface area contributed by atoms with E-state index in [-0.39, 0.29) is 29.2 Å². The van der Waals surface area contributed by atoms with Gasteiger partial charge in [0.1, 0.15) is 28.7 Å². The van der Waals surface area contributed by atoms with Crippen LogP contribution in [-0.2, 0) is 11.0 Å². The molecule has 5 rings (SSSR count). The summed E-state index contributed by atoms with van der Waals surface area (Å²) in [6.07, 6.45) is 3.86. The van der Waals surface area contributed by atoms with Crippen LogP contribution in [0.3, 0.4) is 0 Å². The van der Waals surface area contributed by atoms with Crippen LogP contribution in [0.1, 0.15) is 66.7 Å². The molecule has 12 heteroatoms. The molecular formula is C28H28F3N7O2. The van der Waals surface area contributed by atoms with Crippen molar-refractivity contribution >= 4 is 29.0 Å². The SMILES string of the molecule is CCC(=O)N[C@H]1CCC[C@@H](c2nc(-c3ccc(C(=O)Nc4cc(C(F)(F)F)ccn4)cc3)c3c(N)nccn23)C1. The Labute approximate surface area is 228 Å². The van der Waals surface area contributed by atoms with Crippen LogP contribution < -0.4 is 16.4 Å². The minimum Gasteiger partial charge on any atom is -0.382 e. The molecule has 0 saturated heterocycles. The molecule has 2 atom stereocenters. The Morgan fingerprint density at radius 3 is 2.60 bits per heavy atom. The monoisotopic (exact) mass is 551 g/mol. The second kappa shape index (κ2) is 10.9. The van der Waals surface area contributed by atoms with Crippen LogP contribution in [0.2, 0.25) is 0 Å². The van der Waals surface area contributed by atoms with Crippen LogP contribution in [0.5, 0.6) is 0 Å². The summed E-state index contributed by atoms with van der Waals surface area (Å²) in [4.78, 5) is 37.7. The number of nitrogens with two attached hydrogens (primary N) is 1. The van der Waals surface area contributed by atoms with Crippen LogP contribution in [0, 0.1) is 0 Å². The Hall–Kier alpha value is -4.48. The maximum atomic E-state index is 13.0. The number of benzene rings is 1. The molecule has 1 aliphatic carbocycles. The Bertz CT molecular complexity index is 1550. The Morgan fingerprint density at radius 1 is 1.10 bits per heavy atom. The van der Waals surface area contributed by atoms with Gasteiger partial charge in [-0.05, 0) is 43.5 Å². The van der Waals surface area contributed by atoms with E-state index in [9.17, 15) is 22.8 Å². The van der Waals surface area contributed by atoms with Gasteiger partial charge in [0.25, 0.3) is 5.91 Å². The zero-order valence-corrected chi connectivity index (χ0v) is 21.7. The molecule has 0 aliphatic heterocycles. The van der Waals surface area contributed by atoms with Crippen molar-refractivity contribution in [3.8, 4) is 11.3 Å². The number of carbonyl (C=O) groups is 2. The molecule has 4 N–H and O–H groups in total. The van der Waals surface area contributed by atoms with Crippen LogP contribution in [0.15, 0.2) is 55.0 Å². The first-order valence-electron chi connectivity index (χ1n) is 13.0. The number of carbonyl (C=O) groups excluding carboxylic acids is 2. The number of halogens is 3. The number of fused-ring (bicyclic) bond motifs is 1. The second-order valence-electron chi connectivity index (χ2n) is 9.79. The molecule has 9 nitrogen and oxygen atoms in total. The normalized spacial score (nSPS) is 17.5. The van der Waals surface area contributed by atoms with Gasteiger partial charge in [-0.15, -0.1) is 0 Å². The first kappa shape index (κ1) is 27.1. The molecule has 208 valence electrons. The molecule has 2 amide bonds. The number of nitrogens with one attached hydrogen (secondary N) is 2. The lowest BCUT2D eigenvalue weighted by atomic mass is 9.85. The zero-order chi connectivity index (χ0) is 28.4. The molecular weight excluding hydrogens is 523 g/mol. The predicted molar refractivity (Wildman–Crippen MR) is 143 cm³/mol. The van der Waals surface area contributed by atoms with Gasteiger partial charge in [-0.1, -0.05) is 25.5 Å². The molecule has 3 heterocycles. The number of amides is 2. The Kier molecular flexibility index (Phi) is 7.42. The fourth-order valence-electron chi connectivity index (χ4n) is 5.10. The molecule has 40 heavy (non-hydrogen) atoms. The number of nitrogens with zero attached hydrogens (tertiary/aromatic N) is 4. The third-order valence-electron chi connectivity index (χ3n) is 7.09. The number of nitrogen functional groups attached to an aromatic ring is 1. The summed E-state index contributed by atoms with van der Waals surface area (Å²) in [5.74, 6) is 0.461. The average molecular weight is 552 g/mol. The number of alkyl halides is 3. The van der Waals surface area contributed by atoms with Crippen molar-refractivity contribution in [2.24, 2.45) is 0 Å². The Morgan fingerprint density at radius 2 is 1.88 bits per heavy atom. The van der Waals surface area contributed by atoms with Crippen molar-refractivity contribution in [1.29, 1.82) is 0 Å². The number of anilines is 2. The minimum absolute atomic E-state index is 0.0284. The fourth-order valence-corrected chi connectivity index (χ4v) is 5.10. The molecule has 3 aromatic heterocycles. The maximum Gasteiger partial charge on any atom is 0.416 e. The van der Waals surface area contributed by atoms with Gasteiger partial charge in [0, 0.05) is 48.1 Å². The van der Waals surface area contributed by atoms with E-state index in [1.54, 1.807) is 30.5 Å². The Balaban J connectivity index is 1.41. The molecule has 1 aliphatic rings. The number of aromatic nitrogens is 4. The first-order valence-corrected chi connectivity index (χ1v) is 13.0. The largest absolute Gasteiger partial charge is 0.416 e. The zero-order valence-electron chi connectivity index (χ0n) is 21.7. The highest BCUT2D eigenvalue weighted by atomic mass is 19.4. The molecule has 0 radical (unpaired) electrons. The quantitative estimate of drug-likeness (QED) is 0.302. The summed E-state index contributed by atoms with van der Waals surface area (Å²) in [7, 11) is 0. The van der Waals surface area contributed by atoms with Crippen LogP contribution in [0.25, 0.3) is 16.8 Å². The second-order valence-corrected chi connectivity index (χ2v) is 9.79. The molecule has 0 bridgehead atoms. The third-order valence-corrected chi connectivity index (χ3v) is 7.09. The highest BCUT2D eigenvalue weighted by Gasteiger charge is 2.31. The van der Waals surface area contributed by atoms with Crippen molar-refractivity contribution in [2.75, 3.05) is 11.1 Å². The number of hydrogen-bond acceptors (Lipinski definition) is 6. The maximum absolute atomic E-state index is 13.0. The van der Waals surface area contributed by atoms with Gasteiger partial charge in [0.15, 0.2) is 0 Å². The van der Waals surface area contributed by atoms with Gasteiger partial charge >= 0.3 is 6.18 Å². The van der Waals surface area contributed by atoms with Crippen molar-refractivity contribution < 1.29 is 22.8 Å². The van der Waals surface area contributed by atoms with E-state index in [2.05, 4.69) is 20.6 Å². The van der Waals surface area contributed by atoms with Crippen molar-refractivity contribution in [3.63, 3.8) is 0 Å². The highest BCUT2D eigenvalue weighted by molar-refractivity contribution is 6.04. The lowest BCUT2D eigenvalue weighted by Gasteiger charge is -2.29. The van der Waals surface area contributed by atoms with Crippen LogP contribution in [-0.4, -0.2) is 37.2 Å². The average Bonchev–Trinajstić information content (AvgIpc) is 3.34. The van der Waals surface area contributed by atoms with Gasteiger partial charge in [0.2, 0.25) is 5.91 Å². The molecule has 0 unspecified atom stereocenters. The standard InChI is InChI=1S/C28H28F3N7O2/c1-2-22(39)35-20-5-3-4-18(14-20)26-37-23(24-25(32)34-12-13-38(24)26)16-6-8-17(9-7-16)27(40)36-21-15-19(10-11-33-21)28(29,30)31/h6-13,15,18,20H,2-5,14H2,1H3,(H2,32,34)(H,35,39)(H,33,36,40)/t18-,20+/m1/s1. The number of hydrogen-bond donors (Lipinski definition) is 3. The summed E-state index contributed by atoms with van der Waals surface area (Å²) in [5, 5.41) is 5.51. The van der Waals surface area contributed by atoms with E-state index < -0.39 is 17.6 Å². The molecule has 1 aromatic carbocycles. The minimum atomic E-state index is -4.55.